The third kappa shape index (κ3) is 1.07. The summed E-state index contributed by atoms with van der Waals surface area (Å²) in [7, 11) is 0. The van der Waals surface area contributed by atoms with E-state index in [4.69, 9.17) is 18.9 Å². The van der Waals surface area contributed by atoms with Gasteiger partial charge in [-0.25, -0.2) is 0 Å². The SMILES string of the molecule is CC1(C)OC2C(=O)C3COC(O3)C2O1. The first-order valence-electron chi connectivity index (χ1n) is 4.73. The van der Waals surface area contributed by atoms with Gasteiger partial charge >= 0.3 is 0 Å². The second kappa shape index (κ2) is 2.55. The Labute approximate surface area is 81.3 Å². The number of ketones is 1. The third-order valence-corrected chi connectivity index (χ3v) is 2.71. The van der Waals surface area contributed by atoms with E-state index in [0.717, 1.165) is 0 Å². The monoisotopic (exact) mass is 200 g/mol. The maximum Gasteiger partial charge on any atom is 0.195 e. The highest BCUT2D eigenvalue weighted by molar-refractivity contribution is 5.89. The molecule has 0 spiro atoms. The highest BCUT2D eigenvalue weighted by Gasteiger charge is 2.58. The van der Waals surface area contributed by atoms with Crippen LogP contribution in [-0.2, 0) is 23.7 Å². The Balaban J connectivity index is 1.92. The van der Waals surface area contributed by atoms with Crippen molar-refractivity contribution in [2.75, 3.05) is 6.61 Å². The lowest BCUT2D eigenvalue weighted by atomic mass is 10.0. The molecule has 4 unspecified atom stereocenters. The molecule has 3 fully saturated rings. The quantitative estimate of drug-likeness (QED) is 0.543. The minimum Gasteiger partial charge on any atom is -0.347 e. The van der Waals surface area contributed by atoms with Gasteiger partial charge < -0.3 is 18.9 Å². The van der Waals surface area contributed by atoms with Crippen LogP contribution in [0, 0.1) is 0 Å². The van der Waals surface area contributed by atoms with Gasteiger partial charge in [0.1, 0.15) is 12.2 Å². The van der Waals surface area contributed by atoms with E-state index in [1.807, 2.05) is 0 Å². The predicted octanol–water partition coefficient (Wildman–Crippen LogP) is -0.169. The fourth-order valence-corrected chi connectivity index (χ4v) is 2.14. The van der Waals surface area contributed by atoms with Crippen LogP contribution in [0.25, 0.3) is 0 Å². The van der Waals surface area contributed by atoms with Crippen LogP contribution < -0.4 is 0 Å². The molecule has 0 N–H and O–H groups in total. The van der Waals surface area contributed by atoms with Crippen molar-refractivity contribution in [1.29, 1.82) is 0 Å². The van der Waals surface area contributed by atoms with E-state index in [2.05, 4.69) is 0 Å². The summed E-state index contributed by atoms with van der Waals surface area (Å²) in [5, 5.41) is 0. The molecule has 3 aliphatic heterocycles. The van der Waals surface area contributed by atoms with Gasteiger partial charge in [-0.15, -0.1) is 0 Å². The molecule has 0 amide bonds. The molecule has 3 rings (SSSR count). The maximum absolute atomic E-state index is 11.7. The van der Waals surface area contributed by atoms with Gasteiger partial charge in [-0.05, 0) is 13.8 Å². The van der Waals surface area contributed by atoms with E-state index in [0.29, 0.717) is 6.61 Å². The Kier molecular flexibility index (Phi) is 1.60. The van der Waals surface area contributed by atoms with Crippen LogP contribution in [0.5, 0.6) is 0 Å². The highest BCUT2D eigenvalue weighted by Crippen LogP contribution is 2.38. The van der Waals surface area contributed by atoms with Gasteiger partial charge in [0.25, 0.3) is 0 Å². The van der Waals surface area contributed by atoms with Crippen molar-refractivity contribution >= 4 is 5.78 Å². The number of hydrogen-bond acceptors (Lipinski definition) is 5. The first kappa shape index (κ1) is 8.79. The Hall–Kier alpha value is -0.490. The molecule has 0 aliphatic carbocycles. The summed E-state index contributed by atoms with van der Waals surface area (Å²) >= 11 is 0. The topological polar surface area (TPSA) is 54.0 Å². The molecule has 3 aliphatic rings. The molecule has 0 radical (unpaired) electrons. The predicted molar refractivity (Wildman–Crippen MR) is 43.4 cm³/mol. The van der Waals surface area contributed by atoms with Crippen molar-refractivity contribution in [2.45, 2.75) is 44.2 Å². The third-order valence-electron chi connectivity index (χ3n) is 2.71. The molecular weight excluding hydrogens is 188 g/mol. The van der Waals surface area contributed by atoms with Crippen LogP contribution in [0.4, 0.5) is 0 Å². The van der Waals surface area contributed by atoms with Crippen molar-refractivity contribution in [1.82, 2.24) is 0 Å². The van der Waals surface area contributed by atoms with Gasteiger partial charge in [0.15, 0.2) is 24.0 Å². The van der Waals surface area contributed by atoms with Crippen molar-refractivity contribution in [3.05, 3.63) is 0 Å². The van der Waals surface area contributed by atoms with Gasteiger partial charge in [0.05, 0.1) is 6.61 Å². The van der Waals surface area contributed by atoms with Gasteiger partial charge in [-0.2, -0.15) is 0 Å². The lowest BCUT2D eigenvalue weighted by molar-refractivity contribution is -0.187. The number of rotatable bonds is 0. The number of ether oxygens (including phenoxy) is 4. The highest BCUT2D eigenvalue weighted by atomic mass is 16.8. The molecule has 3 heterocycles. The minimum atomic E-state index is -0.720. The summed E-state index contributed by atoms with van der Waals surface area (Å²) in [5.41, 5.74) is 0. The van der Waals surface area contributed by atoms with E-state index in [1.54, 1.807) is 13.8 Å². The zero-order valence-corrected chi connectivity index (χ0v) is 8.06. The Morgan fingerprint density at radius 2 is 2.14 bits per heavy atom. The largest absolute Gasteiger partial charge is 0.347 e. The average molecular weight is 200 g/mol. The average Bonchev–Trinajstić information content (AvgIpc) is 2.64. The summed E-state index contributed by atoms with van der Waals surface area (Å²) in [6.45, 7) is 3.89. The summed E-state index contributed by atoms with van der Waals surface area (Å²) < 4.78 is 21.7. The summed E-state index contributed by atoms with van der Waals surface area (Å²) in [5.74, 6) is -0.781. The van der Waals surface area contributed by atoms with Crippen LogP contribution in [0.1, 0.15) is 13.8 Å². The summed E-state index contributed by atoms with van der Waals surface area (Å²) in [6, 6.07) is 0. The fraction of sp³-hybridized carbons (Fsp3) is 0.889. The van der Waals surface area contributed by atoms with E-state index < -0.39 is 30.4 Å². The molecule has 0 saturated carbocycles. The maximum atomic E-state index is 11.7. The molecule has 3 saturated heterocycles. The molecule has 78 valence electrons. The van der Waals surface area contributed by atoms with Crippen LogP contribution in [0.3, 0.4) is 0 Å². The molecular formula is C9H12O5. The van der Waals surface area contributed by atoms with Crippen molar-refractivity contribution in [2.24, 2.45) is 0 Å². The lowest BCUT2D eigenvalue weighted by Gasteiger charge is -2.25. The first-order chi connectivity index (χ1) is 6.57. The van der Waals surface area contributed by atoms with E-state index >= 15 is 0 Å². The zero-order valence-electron chi connectivity index (χ0n) is 8.06. The Morgan fingerprint density at radius 1 is 1.36 bits per heavy atom. The number of hydrogen-bond donors (Lipinski definition) is 0. The van der Waals surface area contributed by atoms with Gasteiger partial charge in [-0.1, -0.05) is 0 Å². The Morgan fingerprint density at radius 3 is 2.93 bits per heavy atom. The molecule has 0 aromatic rings. The minimum absolute atomic E-state index is 0.0608. The van der Waals surface area contributed by atoms with Crippen LogP contribution in [0.2, 0.25) is 0 Å². The lowest BCUT2D eigenvalue weighted by Crippen LogP contribution is -2.49. The van der Waals surface area contributed by atoms with Gasteiger partial charge in [0, 0.05) is 0 Å². The van der Waals surface area contributed by atoms with Crippen LogP contribution >= 0.6 is 0 Å². The summed E-state index contributed by atoms with van der Waals surface area (Å²) in [6.07, 6.45) is -1.82. The molecule has 4 atom stereocenters. The molecule has 2 bridgehead atoms. The number of carbonyl (C=O) groups is 1. The molecule has 0 aromatic heterocycles. The second-order valence-corrected chi connectivity index (χ2v) is 4.25. The van der Waals surface area contributed by atoms with Gasteiger partial charge in [0.2, 0.25) is 0 Å². The standard InChI is InChI=1S/C9H12O5/c1-9(2)13-6-5(10)4-3-11-8(12-4)7(6)14-9/h4,6-8H,3H2,1-2H3. The van der Waals surface area contributed by atoms with Gasteiger partial charge in [-0.3, -0.25) is 4.79 Å². The normalized spacial score (nSPS) is 49.4. The van der Waals surface area contributed by atoms with Crippen LogP contribution in [0.15, 0.2) is 0 Å². The molecule has 5 heteroatoms. The fourth-order valence-electron chi connectivity index (χ4n) is 2.14. The summed E-state index contributed by atoms with van der Waals surface area (Å²) in [4.78, 5) is 11.7. The van der Waals surface area contributed by atoms with Crippen LogP contribution in [-0.4, -0.2) is 42.8 Å². The number of Topliss-reactive ketones (excluding diaryl/α,β-unsaturated/α-hetero) is 1. The van der Waals surface area contributed by atoms with Crippen molar-refractivity contribution in [3.63, 3.8) is 0 Å². The molecule has 14 heavy (non-hydrogen) atoms. The smallest absolute Gasteiger partial charge is 0.195 e. The molecule has 0 aromatic carbocycles. The zero-order chi connectivity index (χ0) is 9.92. The van der Waals surface area contributed by atoms with Crippen molar-refractivity contribution in [3.8, 4) is 0 Å². The Bertz CT molecular complexity index is 287. The first-order valence-corrected chi connectivity index (χ1v) is 4.73. The number of carbonyl (C=O) groups excluding carboxylic acids is 1. The number of fused-ring (bicyclic) bond motifs is 4. The van der Waals surface area contributed by atoms with Crippen molar-refractivity contribution < 1.29 is 23.7 Å². The second-order valence-electron chi connectivity index (χ2n) is 4.25. The van der Waals surface area contributed by atoms with E-state index in [9.17, 15) is 4.79 Å². The molecule has 5 nitrogen and oxygen atoms in total. The van der Waals surface area contributed by atoms with E-state index in [-0.39, 0.29) is 5.78 Å². The van der Waals surface area contributed by atoms with E-state index in [1.165, 1.54) is 0 Å².